The molecule has 0 aromatic heterocycles. The average Bonchev–Trinajstić information content (AvgIpc) is 2.45. The van der Waals surface area contributed by atoms with Crippen LogP contribution in [-0.2, 0) is 14.4 Å². The Balaban J connectivity index is 2.14. The van der Waals surface area contributed by atoms with Crippen molar-refractivity contribution in [3.8, 4) is 5.75 Å². The Morgan fingerprint density at radius 2 is 1.95 bits per heavy atom. The van der Waals surface area contributed by atoms with Crippen LogP contribution in [0.1, 0.15) is 12.8 Å². The van der Waals surface area contributed by atoms with Gasteiger partial charge in [-0.15, -0.1) is 0 Å². The van der Waals surface area contributed by atoms with Gasteiger partial charge in [-0.1, -0.05) is 0 Å². The molecule has 1 amide bonds. The highest BCUT2D eigenvalue weighted by Gasteiger charge is 2.26. The van der Waals surface area contributed by atoms with Gasteiger partial charge >= 0.3 is 11.9 Å². The first-order valence-electron chi connectivity index (χ1n) is 6.72. The molecule has 1 aromatic carbocycles. The second-order valence-corrected chi connectivity index (χ2v) is 4.73. The van der Waals surface area contributed by atoms with Crippen LogP contribution in [0, 0.1) is 0 Å². The summed E-state index contributed by atoms with van der Waals surface area (Å²) in [5.74, 6) is -1.71. The molecule has 0 bridgehead atoms. The summed E-state index contributed by atoms with van der Waals surface area (Å²) < 4.78 is 5.31. The third kappa shape index (κ3) is 3.87. The summed E-state index contributed by atoms with van der Waals surface area (Å²) in [6.07, 6.45) is -0.197. The predicted molar refractivity (Wildman–Crippen MR) is 77.3 cm³/mol. The van der Waals surface area contributed by atoms with Gasteiger partial charge in [-0.2, -0.15) is 0 Å². The summed E-state index contributed by atoms with van der Waals surface area (Å²) >= 11 is 0. The predicted octanol–water partition coefficient (Wildman–Crippen LogP) is 0.773. The van der Waals surface area contributed by atoms with E-state index in [0.717, 1.165) is 0 Å². The summed E-state index contributed by atoms with van der Waals surface area (Å²) in [5, 5.41) is 20.3. The molecule has 0 aliphatic carbocycles. The van der Waals surface area contributed by atoms with Gasteiger partial charge in [0.05, 0.1) is 18.5 Å². The lowest BCUT2D eigenvalue weighted by atomic mass is 10.2. The molecule has 3 N–H and O–H groups in total. The molecule has 22 heavy (non-hydrogen) atoms. The van der Waals surface area contributed by atoms with Crippen molar-refractivity contribution in [3.63, 3.8) is 0 Å². The van der Waals surface area contributed by atoms with Crippen LogP contribution in [0.5, 0.6) is 5.75 Å². The molecule has 0 unspecified atom stereocenters. The van der Waals surface area contributed by atoms with Gasteiger partial charge in [0.15, 0.2) is 6.61 Å². The number of carbonyl (C=O) groups is 3. The first-order chi connectivity index (χ1) is 10.5. The number of hydrogen-bond acceptors (Lipinski definition) is 5. The lowest BCUT2D eigenvalue weighted by Crippen LogP contribution is -2.40. The van der Waals surface area contributed by atoms with Crippen LogP contribution >= 0.6 is 0 Å². The van der Waals surface area contributed by atoms with Crippen LogP contribution in [-0.4, -0.2) is 47.8 Å². The maximum absolute atomic E-state index is 11.9. The topological polar surface area (TPSA) is 116 Å². The number of nitrogens with one attached hydrogen (secondary N) is 1. The van der Waals surface area contributed by atoms with E-state index in [1.165, 1.54) is 4.90 Å². The van der Waals surface area contributed by atoms with Gasteiger partial charge in [0.2, 0.25) is 0 Å². The normalized spacial score (nSPS) is 13.3. The number of nitrogens with zero attached hydrogens (tertiary/aromatic N) is 1. The molecule has 0 saturated carbocycles. The number of carbonyl (C=O) groups excluding carboxylic acids is 1. The Morgan fingerprint density at radius 3 is 2.64 bits per heavy atom. The molecule has 0 atom stereocenters. The number of anilines is 2. The fourth-order valence-electron chi connectivity index (χ4n) is 2.08. The van der Waals surface area contributed by atoms with E-state index in [-0.39, 0.29) is 38.4 Å². The van der Waals surface area contributed by atoms with E-state index < -0.39 is 11.9 Å². The summed E-state index contributed by atoms with van der Waals surface area (Å²) in [4.78, 5) is 34.5. The van der Waals surface area contributed by atoms with E-state index in [0.29, 0.717) is 17.1 Å². The van der Waals surface area contributed by atoms with Crippen LogP contribution in [0.4, 0.5) is 11.4 Å². The van der Waals surface area contributed by atoms with Crippen molar-refractivity contribution in [2.75, 3.05) is 29.9 Å². The van der Waals surface area contributed by atoms with Gasteiger partial charge in [0.25, 0.3) is 5.91 Å². The van der Waals surface area contributed by atoms with Crippen molar-refractivity contribution in [3.05, 3.63) is 18.2 Å². The lowest BCUT2D eigenvalue weighted by molar-refractivity contribution is -0.137. The minimum Gasteiger partial charge on any atom is -0.482 e. The molecule has 1 aliphatic rings. The summed E-state index contributed by atoms with van der Waals surface area (Å²) in [5.41, 5.74) is 1.12. The number of benzene rings is 1. The van der Waals surface area contributed by atoms with Crippen molar-refractivity contribution < 1.29 is 29.3 Å². The van der Waals surface area contributed by atoms with Gasteiger partial charge in [-0.05, 0) is 18.2 Å². The number of fused-ring (bicyclic) bond motifs is 1. The van der Waals surface area contributed by atoms with E-state index >= 15 is 0 Å². The second-order valence-electron chi connectivity index (χ2n) is 4.73. The van der Waals surface area contributed by atoms with Gasteiger partial charge < -0.3 is 25.2 Å². The van der Waals surface area contributed by atoms with Crippen molar-refractivity contribution >= 4 is 29.2 Å². The molecule has 0 spiro atoms. The van der Waals surface area contributed by atoms with E-state index in [1.807, 2.05) is 0 Å². The fraction of sp³-hybridized carbons (Fsp3) is 0.357. The Bertz CT molecular complexity index is 601. The third-order valence-corrected chi connectivity index (χ3v) is 3.12. The second kappa shape index (κ2) is 6.79. The molecular formula is C14H16N2O6. The standard InChI is InChI=1S/C14H16N2O6/c17-12-8-22-11-2-1-9(15-5-3-13(18)19)7-10(11)16(12)6-4-14(20)21/h1-2,7,15H,3-6,8H2,(H,18,19)(H,20,21). The summed E-state index contributed by atoms with van der Waals surface area (Å²) in [7, 11) is 0. The molecule has 1 aliphatic heterocycles. The van der Waals surface area contributed by atoms with E-state index in [1.54, 1.807) is 18.2 Å². The van der Waals surface area contributed by atoms with E-state index in [4.69, 9.17) is 14.9 Å². The average molecular weight is 308 g/mol. The van der Waals surface area contributed by atoms with Crippen molar-refractivity contribution in [2.24, 2.45) is 0 Å². The number of amides is 1. The Kier molecular flexibility index (Phi) is 4.82. The molecule has 8 nitrogen and oxygen atoms in total. The highest BCUT2D eigenvalue weighted by Crippen LogP contribution is 2.34. The Labute approximate surface area is 126 Å². The molecule has 0 radical (unpaired) electrons. The van der Waals surface area contributed by atoms with Crippen LogP contribution in [0.3, 0.4) is 0 Å². The highest BCUT2D eigenvalue weighted by molar-refractivity contribution is 5.98. The zero-order chi connectivity index (χ0) is 16.1. The highest BCUT2D eigenvalue weighted by atomic mass is 16.5. The van der Waals surface area contributed by atoms with Gasteiger partial charge in [-0.25, -0.2) is 0 Å². The smallest absolute Gasteiger partial charge is 0.305 e. The van der Waals surface area contributed by atoms with Crippen LogP contribution in [0.25, 0.3) is 0 Å². The molecule has 0 fully saturated rings. The third-order valence-electron chi connectivity index (χ3n) is 3.12. The maximum Gasteiger partial charge on any atom is 0.305 e. The first kappa shape index (κ1) is 15.6. The van der Waals surface area contributed by atoms with Gasteiger partial charge in [-0.3, -0.25) is 14.4 Å². The van der Waals surface area contributed by atoms with Crippen LogP contribution in [0.2, 0.25) is 0 Å². The van der Waals surface area contributed by atoms with E-state index in [9.17, 15) is 14.4 Å². The van der Waals surface area contributed by atoms with Crippen molar-refractivity contribution in [2.45, 2.75) is 12.8 Å². The Morgan fingerprint density at radius 1 is 1.23 bits per heavy atom. The number of carboxylic acids is 2. The van der Waals surface area contributed by atoms with Crippen LogP contribution in [0.15, 0.2) is 18.2 Å². The summed E-state index contributed by atoms with van der Waals surface area (Å²) in [6.45, 7) is 0.180. The Hall–Kier alpha value is -2.77. The van der Waals surface area contributed by atoms with Crippen molar-refractivity contribution in [1.82, 2.24) is 0 Å². The molecule has 118 valence electrons. The van der Waals surface area contributed by atoms with Gasteiger partial charge in [0.1, 0.15) is 5.75 Å². The largest absolute Gasteiger partial charge is 0.482 e. The number of ether oxygens (including phenoxy) is 1. The quantitative estimate of drug-likeness (QED) is 0.681. The monoisotopic (exact) mass is 308 g/mol. The molecule has 8 heteroatoms. The number of hydrogen-bond donors (Lipinski definition) is 3. The van der Waals surface area contributed by atoms with Crippen molar-refractivity contribution in [1.29, 1.82) is 0 Å². The SMILES string of the molecule is O=C(O)CCNc1ccc2c(c1)N(CCC(=O)O)C(=O)CO2. The van der Waals surface area contributed by atoms with Gasteiger partial charge in [0, 0.05) is 18.8 Å². The number of carboxylic acid groups (broad SMARTS) is 2. The molecule has 1 heterocycles. The number of rotatable bonds is 7. The fourth-order valence-corrected chi connectivity index (χ4v) is 2.08. The maximum atomic E-state index is 11.9. The molecule has 2 rings (SSSR count). The first-order valence-corrected chi connectivity index (χ1v) is 6.72. The zero-order valence-corrected chi connectivity index (χ0v) is 11.7. The number of aliphatic carboxylic acids is 2. The molecular weight excluding hydrogens is 292 g/mol. The van der Waals surface area contributed by atoms with Crippen LogP contribution < -0.4 is 15.0 Å². The minimum absolute atomic E-state index is 0.0325. The molecule has 1 aromatic rings. The molecule has 0 saturated heterocycles. The summed E-state index contributed by atoms with van der Waals surface area (Å²) in [6, 6.07) is 5.03. The lowest BCUT2D eigenvalue weighted by Gasteiger charge is -2.29. The zero-order valence-electron chi connectivity index (χ0n) is 11.7. The minimum atomic E-state index is -0.989. The van der Waals surface area contributed by atoms with E-state index in [2.05, 4.69) is 5.32 Å².